The third-order valence-corrected chi connectivity index (χ3v) is 4.65. The van der Waals surface area contributed by atoms with Gasteiger partial charge in [0.2, 0.25) is 0 Å². The highest BCUT2D eigenvalue weighted by Gasteiger charge is 2.32. The Morgan fingerprint density at radius 1 is 1.12 bits per heavy atom. The number of nitrogens with one attached hydrogen (secondary N) is 1. The fourth-order valence-corrected chi connectivity index (χ4v) is 3.03. The van der Waals surface area contributed by atoms with E-state index in [1.54, 1.807) is 26.8 Å². The molecule has 1 amide bonds. The number of benzene rings is 1. The van der Waals surface area contributed by atoms with Crippen LogP contribution in [0.5, 0.6) is 5.75 Å². The van der Waals surface area contributed by atoms with Crippen LogP contribution < -0.4 is 5.32 Å². The van der Waals surface area contributed by atoms with E-state index >= 15 is 0 Å². The number of aromatic hydroxyl groups is 1. The van der Waals surface area contributed by atoms with Gasteiger partial charge in [0.05, 0.1) is 12.1 Å². The number of carbonyl (C=O) groups is 1. The Bertz CT molecular complexity index is 1030. The van der Waals surface area contributed by atoms with E-state index in [2.05, 4.69) is 15.5 Å². The summed E-state index contributed by atoms with van der Waals surface area (Å²) in [6, 6.07) is 4.25. The summed E-state index contributed by atoms with van der Waals surface area (Å²) < 4.78 is 44.1. The number of amides is 1. The van der Waals surface area contributed by atoms with Crippen LogP contribution in [0.3, 0.4) is 0 Å². The first-order valence-electron chi connectivity index (χ1n) is 10.6. The Labute approximate surface area is 196 Å². The molecule has 8 nitrogen and oxygen atoms in total. The van der Waals surface area contributed by atoms with Crippen LogP contribution in [0.4, 0.5) is 23.8 Å². The Morgan fingerprint density at radius 3 is 2.24 bits per heavy atom. The number of phenols is 1. The van der Waals surface area contributed by atoms with Crippen molar-refractivity contribution in [2.75, 3.05) is 18.9 Å². The van der Waals surface area contributed by atoms with Gasteiger partial charge in [0, 0.05) is 12.6 Å². The number of alkyl halides is 3. The molecule has 2 rings (SSSR count). The molecule has 1 heterocycles. The molecule has 0 aliphatic rings. The molecule has 11 heteroatoms. The monoisotopic (exact) mass is 484 g/mol. The Balaban J connectivity index is 2.30. The lowest BCUT2D eigenvalue weighted by molar-refractivity contribution is -0.137. The first-order chi connectivity index (χ1) is 15.4. The predicted octanol–water partition coefficient (Wildman–Crippen LogP) is 4.76. The zero-order chi connectivity index (χ0) is 26.1. The third kappa shape index (κ3) is 7.21. The number of ether oxygens (including phenoxy) is 1. The van der Waals surface area contributed by atoms with Gasteiger partial charge in [-0.3, -0.25) is 0 Å². The average molecular weight is 485 g/mol. The highest BCUT2D eigenvalue weighted by atomic mass is 19.4. The minimum atomic E-state index is -4.59. The first-order valence-corrected chi connectivity index (χ1v) is 10.6. The average Bonchev–Trinajstić information content (AvgIpc) is 2.65. The Morgan fingerprint density at radius 2 is 1.74 bits per heavy atom. The SMILES string of the molecule is CN(CC(O)Nc1cc(C(C)(C)C)c(-c2ccc(C(F)(F)F)cc2O)nn1)C(=O)OC(C)(C)C. The maximum Gasteiger partial charge on any atom is 0.416 e. The summed E-state index contributed by atoms with van der Waals surface area (Å²) in [4.78, 5) is 13.3. The van der Waals surface area contributed by atoms with Crippen LogP contribution in [-0.2, 0) is 16.3 Å². The molecule has 188 valence electrons. The molecular formula is C23H31F3N4O4. The fourth-order valence-electron chi connectivity index (χ4n) is 3.03. The van der Waals surface area contributed by atoms with E-state index in [4.69, 9.17) is 4.74 Å². The summed E-state index contributed by atoms with van der Waals surface area (Å²) in [6.07, 6.45) is -6.40. The van der Waals surface area contributed by atoms with Gasteiger partial charge in [-0.05, 0) is 56.0 Å². The van der Waals surface area contributed by atoms with Crippen LogP contribution in [0, 0.1) is 0 Å². The highest BCUT2D eigenvalue weighted by molar-refractivity contribution is 5.72. The van der Waals surface area contributed by atoms with E-state index in [-0.39, 0.29) is 23.6 Å². The second kappa shape index (κ2) is 9.65. The zero-order valence-corrected chi connectivity index (χ0v) is 20.3. The standard InChI is InChI=1S/C23H31F3N4O4/c1-21(2,3)15-11-17(27-18(32)12-30(7)20(33)34-22(4,5)6)28-29-19(15)14-9-8-13(10-16(14)31)23(24,25)26/h8-11,18,31-32H,12H2,1-7H3,(H,27,28). The quantitative estimate of drug-likeness (QED) is 0.525. The number of anilines is 1. The van der Waals surface area contributed by atoms with Crippen LogP contribution in [0.25, 0.3) is 11.3 Å². The Hall–Kier alpha value is -3.08. The maximum absolute atomic E-state index is 13.0. The summed E-state index contributed by atoms with van der Waals surface area (Å²) in [7, 11) is 1.47. The molecule has 0 aliphatic carbocycles. The number of hydrogen-bond donors (Lipinski definition) is 3. The predicted molar refractivity (Wildman–Crippen MR) is 121 cm³/mol. The minimum absolute atomic E-state index is 0.0992. The smallest absolute Gasteiger partial charge is 0.416 e. The maximum atomic E-state index is 13.0. The number of aromatic nitrogens is 2. The van der Waals surface area contributed by atoms with Crippen molar-refractivity contribution in [1.82, 2.24) is 15.1 Å². The number of likely N-dealkylation sites (N-methyl/N-ethyl adjacent to an activating group) is 1. The molecule has 0 spiro atoms. The van der Waals surface area contributed by atoms with Crippen molar-refractivity contribution in [3.05, 3.63) is 35.4 Å². The lowest BCUT2D eigenvalue weighted by atomic mass is 9.84. The van der Waals surface area contributed by atoms with Crippen LogP contribution in [-0.4, -0.2) is 56.8 Å². The largest absolute Gasteiger partial charge is 0.507 e. The molecule has 0 radical (unpaired) electrons. The number of halogens is 3. The number of aliphatic hydroxyl groups excluding tert-OH is 1. The molecule has 0 fully saturated rings. The molecule has 0 bridgehead atoms. The van der Waals surface area contributed by atoms with Gasteiger partial charge in [0.1, 0.15) is 23.3 Å². The summed E-state index contributed by atoms with van der Waals surface area (Å²) in [6.45, 7) is 10.7. The van der Waals surface area contributed by atoms with Gasteiger partial charge in [-0.2, -0.15) is 13.2 Å². The molecule has 0 saturated heterocycles. The molecular weight excluding hydrogens is 453 g/mol. The number of phenolic OH excluding ortho intramolecular Hbond substituents is 1. The summed E-state index contributed by atoms with van der Waals surface area (Å²) in [5, 5.41) is 31.5. The first kappa shape index (κ1) is 27.2. The van der Waals surface area contributed by atoms with Crippen molar-refractivity contribution in [3.8, 4) is 17.0 Å². The summed E-state index contributed by atoms with van der Waals surface area (Å²) in [5.41, 5.74) is -1.31. The van der Waals surface area contributed by atoms with Crippen molar-refractivity contribution < 1.29 is 32.9 Å². The molecule has 3 N–H and O–H groups in total. The zero-order valence-electron chi connectivity index (χ0n) is 20.3. The third-order valence-electron chi connectivity index (χ3n) is 4.65. The summed E-state index contributed by atoms with van der Waals surface area (Å²) >= 11 is 0. The van der Waals surface area contributed by atoms with Crippen molar-refractivity contribution in [2.24, 2.45) is 0 Å². The van der Waals surface area contributed by atoms with Crippen LogP contribution in [0.2, 0.25) is 0 Å². The molecule has 0 aliphatic heterocycles. The van der Waals surface area contributed by atoms with Crippen molar-refractivity contribution >= 4 is 11.9 Å². The molecule has 34 heavy (non-hydrogen) atoms. The summed E-state index contributed by atoms with van der Waals surface area (Å²) in [5.74, 6) is -0.389. The van der Waals surface area contributed by atoms with Gasteiger partial charge in [-0.15, -0.1) is 10.2 Å². The minimum Gasteiger partial charge on any atom is -0.507 e. The molecule has 2 aromatic rings. The lowest BCUT2D eigenvalue weighted by Gasteiger charge is -2.27. The van der Waals surface area contributed by atoms with Crippen LogP contribution in [0.1, 0.15) is 52.7 Å². The van der Waals surface area contributed by atoms with E-state index < -0.39 is 40.8 Å². The van der Waals surface area contributed by atoms with Crippen LogP contribution >= 0.6 is 0 Å². The van der Waals surface area contributed by atoms with Gasteiger partial charge in [0.15, 0.2) is 5.82 Å². The Kier molecular flexibility index (Phi) is 7.71. The fraction of sp³-hybridized carbons (Fsp3) is 0.522. The molecule has 1 aromatic carbocycles. The number of rotatable bonds is 5. The van der Waals surface area contributed by atoms with Gasteiger partial charge in [0.25, 0.3) is 0 Å². The number of hydrogen-bond acceptors (Lipinski definition) is 7. The lowest BCUT2D eigenvalue weighted by Crippen LogP contribution is -2.41. The van der Waals surface area contributed by atoms with Gasteiger partial charge in [-0.1, -0.05) is 20.8 Å². The number of aliphatic hydroxyl groups is 1. The van der Waals surface area contributed by atoms with E-state index in [1.165, 1.54) is 11.9 Å². The molecule has 1 atom stereocenters. The topological polar surface area (TPSA) is 108 Å². The molecule has 1 unspecified atom stereocenters. The second-order valence-corrected chi connectivity index (χ2v) is 9.99. The van der Waals surface area contributed by atoms with E-state index in [1.807, 2.05) is 20.8 Å². The van der Waals surface area contributed by atoms with Gasteiger partial charge >= 0.3 is 12.3 Å². The number of carbonyl (C=O) groups excluding carboxylic acids is 1. The molecule has 1 aromatic heterocycles. The number of nitrogens with zero attached hydrogens (tertiary/aromatic N) is 3. The van der Waals surface area contributed by atoms with E-state index in [0.717, 1.165) is 12.1 Å². The second-order valence-electron chi connectivity index (χ2n) is 9.99. The van der Waals surface area contributed by atoms with Crippen molar-refractivity contribution in [2.45, 2.75) is 65.0 Å². The molecule has 0 saturated carbocycles. The van der Waals surface area contributed by atoms with E-state index in [9.17, 15) is 28.2 Å². The highest BCUT2D eigenvalue weighted by Crippen LogP contribution is 2.39. The van der Waals surface area contributed by atoms with E-state index in [0.29, 0.717) is 11.6 Å². The normalized spacial score (nSPS) is 13.4. The van der Waals surface area contributed by atoms with Crippen LogP contribution in [0.15, 0.2) is 24.3 Å². The van der Waals surface area contributed by atoms with Crippen molar-refractivity contribution in [1.29, 1.82) is 0 Å². The van der Waals surface area contributed by atoms with Crippen molar-refractivity contribution in [3.63, 3.8) is 0 Å². The van der Waals surface area contributed by atoms with Gasteiger partial charge in [-0.25, -0.2) is 4.79 Å². The van der Waals surface area contributed by atoms with Gasteiger partial charge < -0.3 is 25.2 Å².